The standard InChI is InChI=1S/C25H22BrFN4O4/c1-2-20(32)16-7-8-18(27)22(23(16)35-24(33)13-4-3-5-15(28)10-13)17-11-19(17)30-25(34)31-21-9-6-14(26)12-29-21/h3-10,12,17,19H,2,11,28H2,1H3,(H2,29,30,31,34). The van der Waals surface area contributed by atoms with Gasteiger partial charge in [-0.15, -0.1) is 0 Å². The number of aromatic nitrogens is 1. The van der Waals surface area contributed by atoms with Crippen LogP contribution in [0.1, 0.15) is 52.0 Å². The van der Waals surface area contributed by atoms with Crippen molar-refractivity contribution in [2.45, 2.75) is 31.7 Å². The molecule has 3 aromatic rings. The highest BCUT2D eigenvalue weighted by molar-refractivity contribution is 9.10. The third-order valence-corrected chi connectivity index (χ3v) is 6.00. The zero-order valence-corrected chi connectivity index (χ0v) is 20.3. The zero-order valence-electron chi connectivity index (χ0n) is 18.7. The molecule has 1 aromatic heterocycles. The first kappa shape index (κ1) is 24.3. The topological polar surface area (TPSA) is 123 Å². The maximum atomic E-state index is 15.0. The van der Waals surface area contributed by atoms with Crippen LogP contribution < -0.4 is 21.1 Å². The molecule has 0 radical (unpaired) electrons. The number of Topliss-reactive ketones (excluding diaryl/α,β-unsaturated/α-hetero) is 1. The van der Waals surface area contributed by atoms with Crippen molar-refractivity contribution in [2.75, 3.05) is 11.1 Å². The monoisotopic (exact) mass is 540 g/mol. The van der Waals surface area contributed by atoms with Crippen molar-refractivity contribution in [1.29, 1.82) is 0 Å². The number of halogens is 2. The molecule has 1 aliphatic carbocycles. The Bertz CT molecular complexity index is 1300. The highest BCUT2D eigenvalue weighted by atomic mass is 79.9. The summed E-state index contributed by atoms with van der Waals surface area (Å²) >= 11 is 3.27. The molecule has 180 valence electrons. The van der Waals surface area contributed by atoms with E-state index in [-0.39, 0.29) is 34.6 Å². The second-order valence-corrected chi connectivity index (χ2v) is 8.95. The number of amides is 2. The van der Waals surface area contributed by atoms with E-state index in [1.54, 1.807) is 37.4 Å². The third-order valence-electron chi connectivity index (χ3n) is 5.53. The number of rotatable bonds is 7. The van der Waals surface area contributed by atoms with Crippen molar-refractivity contribution in [3.63, 3.8) is 0 Å². The van der Waals surface area contributed by atoms with E-state index in [0.717, 1.165) is 4.47 Å². The molecule has 2 atom stereocenters. The highest BCUT2D eigenvalue weighted by Gasteiger charge is 2.44. The molecule has 2 aromatic carbocycles. The predicted octanol–water partition coefficient (Wildman–Crippen LogP) is 5.05. The summed E-state index contributed by atoms with van der Waals surface area (Å²) in [6.45, 7) is 1.66. The number of hydrogen-bond acceptors (Lipinski definition) is 6. The lowest BCUT2D eigenvalue weighted by atomic mass is 9.99. The van der Waals surface area contributed by atoms with Gasteiger partial charge in [-0.25, -0.2) is 19.0 Å². The number of nitrogen functional groups attached to an aromatic ring is 1. The number of esters is 1. The molecule has 0 aliphatic heterocycles. The summed E-state index contributed by atoms with van der Waals surface area (Å²) in [5.74, 6) is -1.96. The van der Waals surface area contributed by atoms with E-state index >= 15 is 4.39 Å². The van der Waals surface area contributed by atoms with Crippen molar-refractivity contribution < 1.29 is 23.5 Å². The van der Waals surface area contributed by atoms with Crippen molar-refractivity contribution in [2.24, 2.45) is 0 Å². The number of carbonyl (C=O) groups excluding carboxylic acids is 3. The highest BCUT2D eigenvalue weighted by Crippen LogP contribution is 2.47. The van der Waals surface area contributed by atoms with Gasteiger partial charge in [0.2, 0.25) is 0 Å². The van der Waals surface area contributed by atoms with Crippen LogP contribution in [0.5, 0.6) is 5.75 Å². The van der Waals surface area contributed by atoms with Gasteiger partial charge in [-0.1, -0.05) is 13.0 Å². The number of hydrogen-bond donors (Lipinski definition) is 3. The van der Waals surface area contributed by atoms with Crippen molar-refractivity contribution in [3.8, 4) is 5.75 Å². The Morgan fingerprint density at radius 3 is 2.69 bits per heavy atom. The Morgan fingerprint density at radius 2 is 2.00 bits per heavy atom. The summed E-state index contributed by atoms with van der Waals surface area (Å²) in [7, 11) is 0. The molecule has 8 nitrogen and oxygen atoms in total. The summed E-state index contributed by atoms with van der Waals surface area (Å²) in [5.41, 5.74) is 6.47. The first-order valence-electron chi connectivity index (χ1n) is 10.9. The number of nitrogens with one attached hydrogen (secondary N) is 2. The first-order chi connectivity index (χ1) is 16.8. The van der Waals surface area contributed by atoms with Crippen LogP contribution in [0.2, 0.25) is 0 Å². The largest absolute Gasteiger partial charge is 0.422 e. The molecule has 2 amide bonds. The number of ketones is 1. The Balaban J connectivity index is 1.57. The molecule has 1 saturated carbocycles. The lowest BCUT2D eigenvalue weighted by Gasteiger charge is -2.15. The van der Waals surface area contributed by atoms with Crippen LogP contribution in [0.3, 0.4) is 0 Å². The molecular weight excluding hydrogens is 519 g/mol. The summed E-state index contributed by atoms with van der Waals surface area (Å²) in [4.78, 5) is 41.9. The van der Waals surface area contributed by atoms with E-state index < -0.39 is 29.8 Å². The Morgan fingerprint density at radius 1 is 1.20 bits per heavy atom. The van der Waals surface area contributed by atoms with Gasteiger partial charge in [-0.2, -0.15) is 0 Å². The van der Waals surface area contributed by atoms with Gasteiger partial charge < -0.3 is 15.8 Å². The summed E-state index contributed by atoms with van der Waals surface area (Å²) < 4.78 is 21.4. The van der Waals surface area contributed by atoms with E-state index in [2.05, 4.69) is 31.5 Å². The number of anilines is 2. The second-order valence-electron chi connectivity index (χ2n) is 8.04. The molecule has 2 unspecified atom stereocenters. The Labute approximate surface area is 209 Å². The molecule has 4 N–H and O–H groups in total. The summed E-state index contributed by atoms with van der Waals surface area (Å²) in [6, 6.07) is 11.1. The number of ether oxygens (including phenoxy) is 1. The lowest BCUT2D eigenvalue weighted by Crippen LogP contribution is -2.31. The average Bonchev–Trinajstić information content (AvgIpc) is 3.58. The van der Waals surface area contributed by atoms with E-state index in [0.29, 0.717) is 17.9 Å². The molecule has 1 aliphatic rings. The van der Waals surface area contributed by atoms with Crippen LogP contribution >= 0.6 is 15.9 Å². The number of benzene rings is 2. The van der Waals surface area contributed by atoms with E-state index in [1.807, 2.05) is 0 Å². The molecule has 1 fully saturated rings. The predicted molar refractivity (Wildman–Crippen MR) is 132 cm³/mol. The maximum absolute atomic E-state index is 15.0. The van der Waals surface area contributed by atoms with Crippen LogP contribution in [0, 0.1) is 5.82 Å². The quantitative estimate of drug-likeness (QED) is 0.166. The van der Waals surface area contributed by atoms with Crippen molar-refractivity contribution in [1.82, 2.24) is 10.3 Å². The molecule has 35 heavy (non-hydrogen) atoms. The van der Waals surface area contributed by atoms with Gasteiger partial charge in [0, 0.05) is 40.3 Å². The van der Waals surface area contributed by atoms with Gasteiger partial charge in [-0.05, 0) is 64.8 Å². The Kier molecular flexibility index (Phi) is 7.11. The number of nitrogens with zero attached hydrogens (tertiary/aromatic N) is 1. The van der Waals surface area contributed by atoms with Gasteiger partial charge in [0.1, 0.15) is 17.4 Å². The summed E-state index contributed by atoms with van der Waals surface area (Å²) in [6.07, 6.45) is 2.09. The normalized spacial score (nSPS) is 16.3. The van der Waals surface area contributed by atoms with Crippen LogP contribution in [-0.4, -0.2) is 28.8 Å². The van der Waals surface area contributed by atoms with Gasteiger partial charge in [0.15, 0.2) is 5.78 Å². The van der Waals surface area contributed by atoms with Gasteiger partial charge in [-0.3, -0.25) is 10.1 Å². The minimum atomic E-state index is -0.765. The minimum absolute atomic E-state index is 0.0774. The SMILES string of the molecule is CCC(=O)c1ccc(F)c(C2CC2NC(=O)Nc2ccc(Br)cn2)c1OC(=O)c1cccc(N)c1. The van der Waals surface area contributed by atoms with Gasteiger partial charge in [0.25, 0.3) is 0 Å². The van der Waals surface area contributed by atoms with Crippen LogP contribution in [0.15, 0.2) is 59.2 Å². The van der Waals surface area contributed by atoms with Crippen LogP contribution in [0.4, 0.5) is 20.7 Å². The van der Waals surface area contributed by atoms with Crippen LogP contribution in [-0.2, 0) is 0 Å². The number of nitrogens with two attached hydrogens (primary N) is 1. The first-order valence-corrected chi connectivity index (χ1v) is 11.7. The van der Waals surface area contributed by atoms with E-state index in [4.69, 9.17) is 10.5 Å². The molecule has 4 rings (SSSR count). The fourth-order valence-electron chi connectivity index (χ4n) is 3.70. The van der Waals surface area contributed by atoms with Crippen LogP contribution in [0.25, 0.3) is 0 Å². The van der Waals surface area contributed by atoms with E-state index in [1.165, 1.54) is 24.3 Å². The van der Waals surface area contributed by atoms with Gasteiger partial charge >= 0.3 is 12.0 Å². The number of carbonyl (C=O) groups is 3. The Hall–Kier alpha value is -3.79. The van der Waals surface area contributed by atoms with Gasteiger partial charge in [0.05, 0.1) is 11.1 Å². The fourth-order valence-corrected chi connectivity index (χ4v) is 3.94. The van der Waals surface area contributed by atoms with Crippen molar-refractivity contribution >= 4 is 45.2 Å². The fraction of sp³-hybridized carbons (Fsp3) is 0.200. The minimum Gasteiger partial charge on any atom is -0.422 e. The molecule has 0 bridgehead atoms. The summed E-state index contributed by atoms with van der Waals surface area (Å²) in [5, 5.41) is 5.38. The molecule has 0 spiro atoms. The molecule has 0 saturated heterocycles. The average molecular weight is 541 g/mol. The second kappa shape index (κ2) is 10.2. The smallest absolute Gasteiger partial charge is 0.343 e. The van der Waals surface area contributed by atoms with E-state index in [9.17, 15) is 14.4 Å². The number of pyridine rings is 1. The zero-order chi connectivity index (χ0) is 25.1. The molecule has 1 heterocycles. The lowest BCUT2D eigenvalue weighted by molar-refractivity contribution is 0.0730. The third kappa shape index (κ3) is 5.65. The maximum Gasteiger partial charge on any atom is 0.343 e. The van der Waals surface area contributed by atoms with Crippen molar-refractivity contribution in [3.05, 3.63) is 81.7 Å². The number of urea groups is 1. The molecule has 10 heteroatoms. The molecular formula is C25H22BrFN4O4.